The molecule has 156 valence electrons. The first kappa shape index (κ1) is 19.6. The minimum absolute atomic E-state index is 0.0566. The van der Waals surface area contributed by atoms with Gasteiger partial charge in [-0.25, -0.2) is 9.37 Å². The van der Waals surface area contributed by atoms with Gasteiger partial charge >= 0.3 is 0 Å². The number of halogens is 3. The Labute approximate surface area is 181 Å². The third-order valence-electron chi connectivity index (χ3n) is 5.71. The Morgan fingerprint density at radius 2 is 2.07 bits per heavy atom. The molecule has 6 nitrogen and oxygen atoms in total. The van der Waals surface area contributed by atoms with Crippen molar-refractivity contribution in [3.63, 3.8) is 0 Å². The molecule has 0 spiro atoms. The number of likely N-dealkylation sites (tertiary alicyclic amines) is 1. The predicted molar refractivity (Wildman–Crippen MR) is 114 cm³/mol. The third-order valence-corrected chi connectivity index (χ3v) is 6.39. The van der Waals surface area contributed by atoms with E-state index >= 15 is 0 Å². The smallest absolute Gasteiger partial charge is 0.261 e. The second-order valence-electron chi connectivity index (χ2n) is 8.35. The average Bonchev–Trinajstić information content (AvgIpc) is 3.44. The molecule has 2 fully saturated rings. The Kier molecular flexibility index (Phi) is 4.45. The highest BCUT2D eigenvalue weighted by atomic mass is 35.5. The van der Waals surface area contributed by atoms with Crippen molar-refractivity contribution >= 4 is 40.0 Å². The number of hydrogen-bond donors (Lipinski definition) is 0. The lowest BCUT2D eigenvalue weighted by Crippen LogP contribution is -2.60. The van der Waals surface area contributed by atoms with Gasteiger partial charge in [-0.15, -0.1) is 0 Å². The van der Waals surface area contributed by atoms with Gasteiger partial charge < -0.3 is 14.0 Å². The van der Waals surface area contributed by atoms with Crippen LogP contribution in [0.4, 0.5) is 4.39 Å². The largest absolute Gasteiger partial charge is 0.344 e. The molecule has 1 aliphatic heterocycles. The van der Waals surface area contributed by atoms with Crippen LogP contribution in [0.1, 0.15) is 25.8 Å². The molecule has 1 saturated carbocycles. The Morgan fingerprint density at radius 1 is 1.33 bits per heavy atom. The van der Waals surface area contributed by atoms with Crippen molar-refractivity contribution in [3.05, 3.63) is 51.3 Å². The summed E-state index contributed by atoms with van der Waals surface area (Å²) in [5.74, 6) is -0.272. The van der Waals surface area contributed by atoms with Crippen LogP contribution in [0.2, 0.25) is 10.2 Å². The molecular formula is C21H19Cl2FN4O2. The number of hydrogen-bond acceptors (Lipinski definition) is 3. The molecule has 0 bridgehead atoms. The maximum Gasteiger partial charge on any atom is 0.261 e. The molecule has 0 aromatic carbocycles. The lowest BCUT2D eigenvalue weighted by atomic mass is 9.99. The first-order valence-corrected chi connectivity index (χ1v) is 10.5. The molecule has 3 aromatic heterocycles. The maximum atomic E-state index is 13.7. The summed E-state index contributed by atoms with van der Waals surface area (Å²) in [6.45, 7) is 1.45. The molecule has 2 aliphatic rings. The van der Waals surface area contributed by atoms with Crippen LogP contribution >= 0.6 is 23.2 Å². The molecule has 0 radical (unpaired) electrons. The van der Waals surface area contributed by atoms with Gasteiger partial charge in [0, 0.05) is 35.8 Å². The summed E-state index contributed by atoms with van der Waals surface area (Å²) < 4.78 is 17.2. The van der Waals surface area contributed by atoms with Crippen LogP contribution in [0.3, 0.4) is 0 Å². The lowest BCUT2D eigenvalue weighted by molar-refractivity contribution is -0.144. The van der Waals surface area contributed by atoms with Crippen molar-refractivity contribution in [2.75, 3.05) is 13.1 Å². The van der Waals surface area contributed by atoms with Crippen LogP contribution in [0, 0.1) is 0 Å². The molecule has 1 amide bonds. The Hall–Kier alpha value is -2.38. The predicted octanol–water partition coefficient (Wildman–Crippen LogP) is 4.08. The first-order chi connectivity index (χ1) is 14.2. The van der Waals surface area contributed by atoms with E-state index in [-0.39, 0.29) is 36.3 Å². The van der Waals surface area contributed by atoms with Crippen molar-refractivity contribution in [2.45, 2.75) is 38.0 Å². The molecule has 3 aromatic rings. The summed E-state index contributed by atoms with van der Waals surface area (Å²) in [7, 11) is 0. The summed E-state index contributed by atoms with van der Waals surface area (Å²) in [5, 5.41) is 1.01. The van der Waals surface area contributed by atoms with Crippen LogP contribution in [0.25, 0.3) is 22.0 Å². The van der Waals surface area contributed by atoms with E-state index in [0.717, 1.165) is 18.4 Å². The van der Waals surface area contributed by atoms with Crippen LogP contribution in [-0.2, 0) is 11.3 Å². The van der Waals surface area contributed by atoms with E-state index in [2.05, 4.69) is 9.55 Å². The first-order valence-electron chi connectivity index (χ1n) is 9.75. The fourth-order valence-electron chi connectivity index (χ4n) is 4.04. The monoisotopic (exact) mass is 448 g/mol. The van der Waals surface area contributed by atoms with E-state index in [1.165, 1.54) is 16.4 Å². The zero-order valence-corrected chi connectivity index (χ0v) is 17.8. The quantitative estimate of drug-likeness (QED) is 0.565. The fourth-order valence-corrected chi connectivity index (χ4v) is 4.31. The zero-order valence-electron chi connectivity index (χ0n) is 16.2. The second-order valence-corrected chi connectivity index (χ2v) is 9.12. The van der Waals surface area contributed by atoms with Crippen molar-refractivity contribution in [1.82, 2.24) is 19.0 Å². The summed E-state index contributed by atoms with van der Waals surface area (Å²) in [5.41, 5.74) is 0.582. The van der Waals surface area contributed by atoms with Crippen molar-refractivity contribution < 1.29 is 9.18 Å². The standard InChI is InChI=1S/C21H19Cl2FN4O2/c1-21(24)10-27(11-21)17(29)9-26-5-4-16-18(20(26)30)14(8-28(16)13-2-3-13)12-6-15(22)19(23)25-7-12/h4-8,13H,2-3,9-11H2,1H3. The molecule has 0 atom stereocenters. The van der Waals surface area contributed by atoms with Crippen molar-refractivity contribution in [2.24, 2.45) is 0 Å². The van der Waals surface area contributed by atoms with Gasteiger partial charge in [-0.1, -0.05) is 23.2 Å². The van der Waals surface area contributed by atoms with Crippen LogP contribution < -0.4 is 5.56 Å². The van der Waals surface area contributed by atoms with E-state index < -0.39 is 5.67 Å². The highest BCUT2D eigenvalue weighted by Crippen LogP contribution is 2.41. The van der Waals surface area contributed by atoms with Gasteiger partial charge in [0.1, 0.15) is 17.4 Å². The molecule has 0 N–H and O–H groups in total. The summed E-state index contributed by atoms with van der Waals surface area (Å²) >= 11 is 12.1. The van der Waals surface area contributed by atoms with E-state index in [4.69, 9.17) is 23.2 Å². The highest BCUT2D eigenvalue weighted by Gasteiger charge is 2.41. The number of carbonyl (C=O) groups is 1. The molecular weight excluding hydrogens is 430 g/mol. The number of carbonyl (C=O) groups excluding carboxylic acids is 1. The summed E-state index contributed by atoms with van der Waals surface area (Å²) in [4.78, 5) is 31.4. The normalized spacial score (nSPS) is 17.9. The molecule has 5 rings (SSSR count). The molecule has 30 heavy (non-hydrogen) atoms. The highest BCUT2D eigenvalue weighted by molar-refractivity contribution is 6.41. The van der Waals surface area contributed by atoms with Gasteiger partial charge in [-0.05, 0) is 31.9 Å². The Bertz CT molecular complexity index is 1240. The number of alkyl halides is 1. The molecule has 1 aliphatic carbocycles. The van der Waals surface area contributed by atoms with Gasteiger partial charge in [0.25, 0.3) is 5.56 Å². The number of fused-ring (bicyclic) bond motifs is 1. The van der Waals surface area contributed by atoms with Crippen LogP contribution in [-0.4, -0.2) is 43.7 Å². The SMILES string of the molecule is CC1(F)CN(C(=O)Cn2ccc3c(c(-c4cnc(Cl)c(Cl)c4)cn3C3CC3)c2=O)C1. The van der Waals surface area contributed by atoms with Gasteiger partial charge in [0.05, 0.1) is 29.0 Å². The van der Waals surface area contributed by atoms with E-state index in [9.17, 15) is 14.0 Å². The minimum atomic E-state index is -1.35. The molecule has 1 saturated heterocycles. The van der Waals surface area contributed by atoms with Gasteiger partial charge in [0.15, 0.2) is 0 Å². The number of amides is 1. The number of rotatable bonds is 4. The van der Waals surface area contributed by atoms with E-state index in [0.29, 0.717) is 27.6 Å². The molecule has 0 unspecified atom stereocenters. The molecule has 4 heterocycles. The Balaban J connectivity index is 1.58. The summed E-state index contributed by atoms with van der Waals surface area (Å²) in [6.07, 6.45) is 7.28. The fraction of sp³-hybridized carbons (Fsp3) is 0.381. The van der Waals surface area contributed by atoms with E-state index in [1.807, 2.05) is 12.3 Å². The lowest BCUT2D eigenvalue weighted by Gasteiger charge is -2.42. The maximum absolute atomic E-state index is 13.7. The van der Waals surface area contributed by atoms with Gasteiger partial charge in [-0.2, -0.15) is 0 Å². The third kappa shape index (κ3) is 3.30. The van der Waals surface area contributed by atoms with Crippen LogP contribution in [0.5, 0.6) is 0 Å². The van der Waals surface area contributed by atoms with Crippen molar-refractivity contribution in [3.8, 4) is 11.1 Å². The van der Waals surface area contributed by atoms with Gasteiger partial charge in [-0.3, -0.25) is 9.59 Å². The number of pyridine rings is 2. The van der Waals surface area contributed by atoms with E-state index in [1.54, 1.807) is 18.5 Å². The Morgan fingerprint density at radius 3 is 2.70 bits per heavy atom. The summed E-state index contributed by atoms with van der Waals surface area (Å²) in [6, 6.07) is 3.90. The van der Waals surface area contributed by atoms with Crippen LogP contribution in [0.15, 0.2) is 35.5 Å². The van der Waals surface area contributed by atoms with Gasteiger partial charge in [0.2, 0.25) is 5.91 Å². The average molecular weight is 449 g/mol. The van der Waals surface area contributed by atoms with Crippen molar-refractivity contribution in [1.29, 1.82) is 0 Å². The number of aromatic nitrogens is 3. The topological polar surface area (TPSA) is 60.1 Å². The minimum Gasteiger partial charge on any atom is -0.344 e. The zero-order chi connectivity index (χ0) is 21.2. The number of nitrogens with zero attached hydrogens (tertiary/aromatic N) is 4. The molecule has 9 heteroatoms. The second kappa shape index (κ2) is 6.82.